The molecular formula is C13H18ClN3O4S. The van der Waals surface area contributed by atoms with Crippen molar-refractivity contribution >= 4 is 27.5 Å². The fourth-order valence-electron chi connectivity index (χ4n) is 2.12. The van der Waals surface area contributed by atoms with Gasteiger partial charge < -0.3 is 9.64 Å². The van der Waals surface area contributed by atoms with E-state index >= 15 is 0 Å². The summed E-state index contributed by atoms with van der Waals surface area (Å²) in [5, 5.41) is -0.961. The van der Waals surface area contributed by atoms with Crippen LogP contribution in [0.2, 0.25) is 5.28 Å². The number of halogens is 1. The lowest BCUT2D eigenvalue weighted by Crippen LogP contribution is -2.36. The molecule has 22 heavy (non-hydrogen) atoms. The van der Waals surface area contributed by atoms with Gasteiger partial charge in [0, 0.05) is 19.3 Å². The first-order chi connectivity index (χ1) is 10.1. The van der Waals surface area contributed by atoms with Gasteiger partial charge in [0.2, 0.25) is 5.28 Å². The van der Waals surface area contributed by atoms with Crippen LogP contribution in [0.25, 0.3) is 0 Å². The second kappa shape index (κ2) is 6.00. The summed E-state index contributed by atoms with van der Waals surface area (Å²) in [6, 6.07) is 1.30. The molecule has 1 aliphatic rings. The van der Waals surface area contributed by atoms with E-state index < -0.39 is 26.8 Å². The van der Waals surface area contributed by atoms with E-state index in [0.717, 1.165) is 0 Å². The second-order valence-electron chi connectivity index (χ2n) is 6.05. The van der Waals surface area contributed by atoms with Crippen LogP contribution in [0, 0.1) is 0 Å². The molecule has 0 bridgehead atoms. The molecule has 1 unspecified atom stereocenters. The van der Waals surface area contributed by atoms with E-state index in [0.29, 0.717) is 13.0 Å². The van der Waals surface area contributed by atoms with E-state index in [-0.39, 0.29) is 16.9 Å². The van der Waals surface area contributed by atoms with Crippen molar-refractivity contribution in [1.29, 1.82) is 0 Å². The number of likely N-dealkylation sites (tertiary alicyclic amines) is 1. The fourth-order valence-corrected chi connectivity index (χ4v) is 3.92. The highest BCUT2D eigenvalue weighted by Gasteiger charge is 2.38. The van der Waals surface area contributed by atoms with E-state index in [2.05, 4.69) is 9.97 Å². The third-order valence-corrected chi connectivity index (χ3v) is 5.38. The topological polar surface area (TPSA) is 89.5 Å². The third-order valence-electron chi connectivity index (χ3n) is 3.13. The van der Waals surface area contributed by atoms with Gasteiger partial charge in [0.15, 0.2) is 14.9 Å². The van der Waals surface area contributed by atoms with Gasteiger partial charge in [0.05, 0.1) is 5.25 Å². The fraction of sp³-hybridized carbons (Fsp3) is 0.615. The summed E-state index contributed by atoms with van der Waals surface area (Å²) in [6.45, 7) is 5.70. The van der Waals surface area contributed by atoms with E-state index in [9.17, 15) is 13.2 Å². The predicted octanol–water partition coefficient (Wildman–Crippen LogP) is 1.91. The van der Waals surface area contributed by atoms with Gasteiger partial charge >= 0.3 is 6.09 Å². The van der Waals surface area contributed by atoms with Crippen LogP contribution in [0.4, 0.5) is 4.79 Å². The summed E-state index contributed by atoms with van der Waals surface area (Å²) < 4.78 is 30.3. The molecule has 1 saturated heterocycles. The Kier molecular flexibility index (Phi) is 4.62. The number of ether oxygens (including phenoxy) is 1. The van der Waals surface area contributed by atoms with Gasteiger partial charge in [-0.1, -0.05) is 0 Å². The summed E-state index contributed by atoms with van der Waals surface area (Å²) in [4.78, 5) is 20.8. The maximum atomic E-state index is 12.5. The van der Waals surface area contributed by atoms with Crippen LogP contribution in [0.3, 0.4) is 0 Å². The largest absolute Gasteiger partial charge is 0.444 e. The maximum absolute atomic E-state index is 12.5. The lowest BCUT2D eigenvalue weighted by atomic mass is 10.2. The number of nitrogens with zero attached hydrogens (tertiary/aromatic N) is 3. The van der Waals surface area contributed by atoms with Gasteiger partial charge in [-0.2, -0.15) is 0 Å². The molecule has 1 atom stereocenters. The van der Waals surface area contributed by atoms with Crippen LogP contribution >= 0.6 is 11.6 Å². The quantitative estimate of drug-likeness (QED) is 0.599. The zero-order valence-corrected chi connectivity index (χ0v) is 14.2. The van der Waals surface area contributed by atoms with Gasteiger partial charge in [-0.05, 0) is 44.9 Å². The molecule has 1 fully saturated rings. The molecular weight excluding hydrogens is 330 g/mol. The number of hydrogen-bond donors (Lipinski definition) is 0. The van der Waals surface area contributed by atoms with Crippen molar-refractivity contribution in [3.8, 4) is 0 Å². The maximum Gasteiger partial charge on any atom is 0.410 e. The van der Waals surface area contributed by atoms with Crippen LogP contribution in [-0.4, -0.2) is 53.3 Å². The Hall–Kier alpha value is -1.41. The van der Waals surface area contributed by atoms with Crippen LogP contribution in [0.5, 0.6) is 0 Å². The molecule has 2 rings (SSSR count). The first kappa shape index (κ1) is 17.0. The third kappa shape index (κ3) is 3.86. The van der Waals surface area contributed by atoms with Gasteiger partial charge in [0.25, 0.3) is 0 Å². The van der Waals surface area contributed by atoms with Crippen molar-refractivity contribution in [1.82, 2.24) is 14.9 Å². The molecule has 1 amide bonds. The van der Waals surface area contributed by atoms with Crippen molar-refractivity contribution in [3.05, 3.63) is 17.5 Å². The summed E-state index contributed by atoms with van der Waals surface area (Å²) >= 11 is 5.64. The first-order valence-electron chi connectivity index (χ1n) is 6.80. The van der Waals surface area contributed by atoms with Crippen LogP contribution in [-0.2, 0) is 14.6 Å². The Labute approximate surface area is 134 Å². The van der Waals surface area contributed by atoms with Gasteiger partial charge in [0.1, 0.15) is 5.60 Å². The molecule has 0 radical (unpaired) electrons. The molecule has 0 aromatic carbocycles. The summed E-state index contributed by atoms with van der Waals surface area (Å²) in [5.74, 6) is 0. The number of hydrogen-bond acceptors (Lipinski definition) is 6. The number of carbonyl (C=O) groups excluding carboxylic acids is 1. The van der Waals surface area contributed by atoms with Crippen LogP contribution in [0.1, 0.15) is 27.2 Å². The molecule has 0 saturated carbocycles. The van der Waals surface area contributed by atoms with E-state index in [1.54, 1.807) is 20.8 Å². The Bertz CT molecular complexity index is 672. The summed E-state index contributed by atoms with van der Waals surface area (Å²) in [6.07, 6.45) is 1.12. The van der Waals surface area contributed by atoms with Crippen molar-refractivity contribution in [2.24, 2.45) is 0 Å². The highest BCUT2D eigenvalue weighted by molar-refractivity contribution is 7.92. The highest BCUT2D eigenvalue weighted by Crippen LogP contribution is 2.24. The number of carbonyl (C=O) groups is 1. The van der Waals surface area contributed by atoms with E-state index in [4.69, 9.17) is 16.3 Å². The zero-order chi connectivity index (χ0) is 16.5. The smallest absolute Gasteiger partial charge is 0.410 e. The van der Waals surface area contributed by atoms with Crippen molar-refractivity contribution in [3.63, 3.8) is 0 Å². The molecule has 0 spiro atoms. The Morgan fingerprint density at radius 1 is 1.45 bits per heavy atom. The molecule has 1 aromatic rings. The molecule has 2 heterocycles. The average Bonchev–Trinajstić information content (AvgIpc) is 2.87. The normalized spacial score (nSPS) is 19.3. The van der Waals surface area contributed by atoms with Gasteiger partial charge in [-0.15, -0.1) is 0 Å². The van der Waals surface area contributed by atoms with E-state index in [1.807, 2.05) is 0 Å². The molecule has 7 nitrogen and oxygen atoms in total. The predicted molar refractivity (Wildman–Crippen MR) is 80.4 cm³/mol. The number of sulfone groups is 1. The van der Waals surface area contributed by atoms with Crippen molar-refractivity contribution in [2.45, 2.75) is 43.1 Å². The molecule has 0 aliphatic carbocycles. The molecule has 1 aromatic heterocycles. The lowest BCUT2D eigenvalue weighted by molar-refractivity contribution is 0.0295. The van der Waals surface area contributed by atoms with Gasteiger partial charge in [-0.3, -0.25) is 0 Å². The number of amides is 1. The standard InChI is InChI=1S/C13H18ClN3O4S/c1-13(2,3)21-12(18)17-7-5-9(8-17)22(19,20)10-4-6-15-11(14)16-10/h4,6,9H,5,7-8H2,1-3H3. The number of rotatable bonds is 2. The van der Waals surface area contributed by atoms with E-state index in [1.165, 1.54) is 17.2 Å². The second-order valence-corrected chi connectivity index (χ2v) is 8.56. The van der Waals surface area contributed by atoms with Crippen molar-refractivity contribution in [2.75, 3.05) is 13.1 Å². The average molecular weight is 348 g/mol. The number of aromatic nitrogens is 2. The minimum atomic E-state index is -3.66. The minimum absolute atomic E-state index is 0.0822. The first-order valence-corrected chi connectivity index (χ1v) is 8.72. The molecule has 9 heteroatoms. The summed E-state index contributed by atoms with van der Waals surface area (Å²) in [7, 11) is -3.66. The highest BCUT2D eigenvalue weighted by atomic mass is 35.5. The molecule has 122 valence electrons. The molecule has 1 aliphatic heterocycles. The van der Waals surface area contributed by atoms with Crippen LogP contribution in [0.15, 0.2) is 17.3 Å². The van der Waals surface area contributed by atoms with Crippen LogP contribution < -0.4 is 0 Å². The van der Waals surface area contributed by atoms with Gasteiger partial charge in [-0.25, -0.2) is 23.2 Å². The zero-order valence-electron chi connectivity index (χ0n) is 12.6. The SMILES string of the molecule is CC(C)(C)OC(=O)N1CCC(S(=O)(=O)c2ccnc(Cl)n2)C1. The Morgan fingerprint density at radius 2 is 2.14 bits per heavy atom. The Balaban J connectivity index is 2.11. The lowest BCUT2D eigenvalue weighted by Gasteiger charge is -2.24. The Morgan fingerprint density at radius 3 is 2.73 bits per heavy atom. The van der Waals surface area contributed by atoms with Crippen molar-refractivity contribution < 1.29 is 17.9 Å². The molecule has 0 N–H and O–H groups in total. The minimum Gasteiger partial charge on any atom is -0.444 e. The monoisotopic (exact) mass is 347 g/mol. The summed E-state index contributed by atoms with van der Waals surface area (Å²) in [5.41, 5.74) is -0.617.